The van der Waals surface area contributed by atoms with Crippen LogP contribution in [0.5, 0.6) is 11.8 Å². The Hall–Kier alpha value is -2.55. The van der Waals surface area contributed by atoms with Gasteiger partial charge in [0.1, 0.15) is 5.82 Å². The molecule has 8 heteroatoms. The molecule has 0 radical (unpaired) electrons. The molecule has 5 aliphatic rings. The number of anilines is 1. The summed E-state index contributed by atoms with van der Waals surface area (Å²) in [5.74, 6) is 3.21. The van der Waals surface area contributed by atoms with Crippen molar-refractivity contribution < 1.29 is 14.9 Å². The fraction of sp³-hybridized carbons (Fsp3) is 0.536. The Morgan fingerprint density at radius 3 is 2.28 bits per heavy atom. The van der Waals surface area contributed by atoms with E-state index in [4.69, 9.17) is 9.11 Å². The van der Waals surface area contributed by atoms with Crippen molar-refractivity contribution in [2.24, 2.45) is 11.8 Å². The fourth-order valence-electron chi connectivity index (χ4n) is 7.81. The van der Waals surface area contributed by atoms with Gasteiger partial charge in [0.25, 0.3) is 0 Å². The van der Waals surface area contributed by atoms with Crippen molar-refractivity contribution in [1.82, 2.24) is 13.8 Å². The van der Waals surface area contributed by atoms with Crippen molar-refractivity contribution in [1.29, 1.82) is 0 Å². The Labute approximate surface area is 214 Å². The van der Waals surface area contributed by atoms with Crippen LogP contribution < -0.4 is 4.90 Å². The molecule has 4 bridgehead atoms. The van der Waals surface area contributed by atoms with E-state index < -0.39 is 0 Å². The van der Waals surface area contributed by atoms with Crippen LogP contribution in [0.2, 0.25) is 0 Å². The zero-order valence-corrected chi connectivity index (χ0v) is 21.1. The Morgan fingerprint density at radius 1 is 0.889 bits per heavy atom. The normalized spacial score (nSPS) is 32.8. The summed E-state index contributed by atoms with van der Waals surface area (Å²) in [4.78, 5) is 4.99. The summed E-state index contributed by atoms with van der Waals surface area (Å²) in [5.41, 5.74) is 2.07. The molecule has 6 atom stereocenters. The first-order valence-electron chi connectivity index (χ1n) is 13.5. The maximum atomic E-state index is 11.1. The van der Waals surface area contributed by atoms with E-state index in [2.05, 4.69) is 46.2 Å². The number of piperazine rings is 1. The summed E-state index contributed by atoms with van der Waals surface area (Å²) in [5, 5.41) is 23.5. The molecule has 188 valence electrons. The molecule has 1 aromatic carbocycles. The fourth-order valence-corrected chi connectivity index (χ4v) is 8.61. The lowest BCUT2D eigenvalue weighted by Crippen LogP contribution is -2.49. The largest absolute Gasteiger partial charge is 0.494 e. The summed E-state index contributed by atoms with van der Waals surface area (Å²) in [6.45, 7) is 5.57. The van der Waals surface area contributed by atoms with Crippen molar-refractivity contribution in [3.05, 3.63) is 47.5 Å². The molecule has 2 aliphatic carbocycles. The molecule has 8 rings (SSSR count). The van der Waals surface area contributed by atoms with E-state index in [1.165, 1.54) is 10.1 Å². The molecular weight excluding hydrogens is 472 g/mol. The van der Waals surface area contributed by atoms with E-state index in [-0.39, 0.29) is 18.1 Å². The monoisotopic (exact) mass is 504 g/mol. The lowest BCUT2D eigenvalue weighted by molar-refractivity contribution is 0.0957. The number of aromatic hydroxyl groups is 2. The number of rotatable bonds is 5. The molecule has 2 N–H and O–H groups in total. The van der Waals surface area contributed by atoms with Crippen molar-refractivity contribution in [3.8, 4) is 11.8 Å². The highest BCUT2D eigenvalue weighted by atomic mass is 32.1. The standard InChI is InChI=1S/C28H32N4O3S/c33-27-24-16-5-6-17(13-16)25(24)28(34)32(27)15-20-19(21-7-8-22(20)35-21)14-30-9-11-31(12-10-30)26-18-3-1-2-4-23(18)36-29-26/h1-4,7-8,16-17,19-22,33-34H,5-6,9-15H2. The van der Waals surface area contributed by atoms with Gasteiger partial charge in [0.2, 0.25) is 0 Å². The van der Waals surface area contributed by atoms with E-state index in [1.807, 2.05) is 0 Å². The van der Waals surface area contributed by atoms with Gasteiger partial charge in [-0.3, -0.25) is 9.47 Å². The van der Waals surface area contributed by atoms with Crippen LogP contribution >= 0.6 is 11.5 Å². The molecule has 3 aliphatic heterocycles. The maximum Gasteiger partial charge on any atom is 0.197 e. The van der Waals surface area contributed by atoms with Crippen LogP contribution in [0, 0.1) is 11.8 Å². The Kier molecular flexibility index (Phi) is 4.77. The summed E-state index contributed by atoms with van der Waals surface area (Å²) >= 11 is 1.59. The first-order valence-corrected chi connectivity index (χ1v) is 14.2. The molecule has 5 heterocycles. The summed E-state index contributed by atoms with van der Waals surface area (Å²) < 4.78 is 14.1. The van der Waals surface area contributed by atoms with E-state index in [1.54, 1.807) is 16.1 Å². The minimum absolute atomic E-state index is 0.0652. The van der Waals surface area contributed by atoms with Gasteiger partial charge in [-0.1, -0.05) is 24.3 Å². The number of fused-ring (bicyclic) bond motifs is 8. The molecular formula is C28H32N4O3S. The van der Waals surface area contributed by atoms with Gasteiger partial charge >= 0.3 is 0 Å². The van der Waals surface area contributed by atoms with Crippen LogP contribution in [0.15, 0.2) is 36.4 Å². The average molecular weight is 505 g/mol. The second kappa shape index (κ2) is 7.97. The van der Waals surface area contributed by atoms with Gasteiger partial charge in [-0.15, -0.1) is 0 Å². The average Bonchev–Trinajstić information content (AvgIpc) is 3.74. The summed E-state index contributed by atoms with van der Waals surface area (Å²) in [6, 6.07) is 8.50. The Balaban J connectivity index is 0.983. The molecule has 6 unspecified atom stereocenters. The molecule has 7 nitrogen and oxygen atoms in total. The third kappa shape index (κ3) is 3.07. The number of hydrogen-bond acceptors (Lipinski definition) is 7. The van der Waals surface area contributed by atoms with Crippen LogP contribution in [0.25, 0.3) is 10.1 Å². The predicted molar refractivity (Wildman–Crippen MR) is 140 cm³/mol. The minimum Gasteiger partial charge on any atom is -0.494 e. The predicted octanol–water partition coefficient (Wildman–Crippen LogP) is 4.27. The van der Waals surface area contributed by atoms with E-state index in [0.29, 0.717) is 36.1 Å². The molecule has 2 saturated heterocycles. The zero-order chi connectivity index (χ0) is 24.0. The van der Waals surface area contributed by atoms with Crippen LogP contribution in [-0.2, 0) is 11.3 Å². The lowest BCUT2D eigenvalue weighted by atomic mass is 9.82. The highest BCUT2D eigenvalue weighted by Crippen LogP contribution is 2.60. The zero-order valence-electron chi connectivity index (χ0n) is 20.3. The summed E-state index contributed by atoms with van der Waals surface area (Å²) in [6.07, 6.45) is 7.97. The van der Waals surface area contributed by atoms with Gasteiger partial charge in [-0.25, -0.2) is 0 Å². The third-order valence-corrected chi connectivity index (χ3v) is 10.4. The number of nitrogens with zero attached hydrogens (tertiary/aromatic N) is 4. The highest BCUT2D eigenvalue weighted by molar-refractivity contribution is 7.13. The van der Waals surface area contributed by atoms with Gasteiger partial charge in [-0.05, 0) is 54.8 Å². The highest BCUT2D eigenvalue weighted by Gasteiger charge is 2.49. The van der Waals surface area contributed by atoms with E-state index in [9.17, 15) is 10.2 Å². The molecule has 1 saturated carbocycles. The van der Waals surface area contributed by atoms with Crippen LogP contribution in [0.1, 0.15) is 42.2 Å². The Bertz CT molecular complexity index is 1320. The molecule has 3 aromatic rings. The van der Waals surface area contributed by atoms with Crippen LogP contribution in [0.3, 0.4) is 0 Å². The second-order valence-corrected chi connectivity index (χ2v) is 12.2. The topological polar surface area (TPSA) is 74.0 Å². The van der Waals surface area contributed by atoms with Gasteiger partial charge in [0.05, 0.1) is 16.9 Å². The molecule has 36 heavy (non-hydrogen) atoms. The number of benzene rings is 1. The van der Waals surface area contributed by atoms with Gasteiger partial charge in [-0.2, -0.15) is 4.37 Å². The quantitative estimate of drug-likeness (QED) is 0.506. The van der Waals surface area contributed by atoms with Crippen molar-refractivity contribution in [2.45, 2.75) is 49.9 Å². The first-order chi connectivity index (χ1) is 17.7. The number of aromatic nitrogens is 2. The third-order valence-electron chi connectivity index (χ3n) is 9.62. The number of hydrogen-bond donors (Lipinski definition) is 2. The molecule has 2 aromatic heterocycles. The van der Waals surface area contributed by atoms with Crippen molar-refractivity contribution >= 4 is 27.4 Å². The maximum absolute atomic E-state index is 11.1. The molecule has 3 fully saturated rings. The van der Waals surface area contributed by atoms with Crippen LogP contribution in [0.4, 0.5) is 5.82 Å². The SMILES string of the molecule is Oc1c2c(c(O)n1CC1C3C=CC(O3)C1CN1CCN(c3nsc4ccccc34)CC1)C1CCC2C1. The van der Waals surface area contributed by atoms with E-state index in [0.717, 1.165) is 68.9 Å². The first kappa shape index (κ1) is 21.5. The summed E-state index contributed by atoms with van der Waals surface area (Å²) in [7, 11) is 0. The van der Waals surface area contributed by atoms with Crippen molar-refractivity contribution in [2.75, 3.05) is 37.6 Å². The van der Waals surface area contributed by atoms with Crippen molar-refractivity contribution in [3.63, 3.8) is 0 Å². The lowest BCUT2D eigenvalue weighted by Gasteiger charge is -2.38. The molecule has 0 amide bonds. The number of ether oxygens (including phenoxy) is 1. The Morgan fingerprint density at radius 2 is 1.56 bits per heavy atom. The van der Waals surface area contributed by atoms with Gasteiger partial charge < -0.3 is 19.8 Å². The van der Waals surface area contributed by atoms with Gasteiger partial charge in [0, 0.05) is 67.6 Å². The smallest absolute Gasteiger partial charge is 0.197 e. The van der Waals surface area contributed by atoms with Gasteiger partial charge in [0.15, 0.2) is 11.8 Å². The second-order valence-electron chi connectivity index (χ2n) is 11.4. The minimum atomic E-state index is 0.0652. The van der Waals surface area contributed by atoms with Crippen LogP contribution in [-0.4, -0.2) is 69.0 Å². The molecule has 0 spiro atoms. The van der Waals surface area contributed by atoms with E-state index >= 15 is 0 Å².